The second-order valence-corrected chi connectivity index (χ2v) is 5.33. The van der Waals surface area contributed by atoms with Crippen LogP contribution < -0.4 is 4.90 Å². The largest absolute Gasteiger partial charge is 0.372 e. The highest BCUT2D eigenvalue weighted by Gasteiger charge is 2.14. The fourth-order valence-electron chi connectivity index (χ4n) is 2.87. The van der Waals surface area contributed by atoms with Gasteiger partial charge in [0.2, 0.25) is 0 Å². The van der Waals surface area contributed by atoms with E-state index in [1.54, 1.807) is 4.68 Å². The lowest BCUT2D eigenvalue weighted by atomic mass is 10.1. The van der Waals surface area contributed by atoms with Gasteiger partial charge in [-0.05, 0) is 49.9 Å². The number of benzene rings is 1. The number of anilines is 1. The Kier molecular flexibility index (Phi) is 3.87. The third-order valence-electron chi connectivity index (χ3n) is 4.02. The number of aromatic nitrogens is 3. The first-order valence-corrected chi connectivity index (χ1v) is 7.53. The Morgan fingerprint density at radius 1 is 1.10 bits per heavy atom. The number of hydrogen-bond donors (Lipinski definition) is 0. The minimum Gasteiger partial charge on any atom is -0.372 e. The summed E-state index contributed by atoms with van der Waals surface area (Å²) < 4.78 is 1.76. The Bertz CT molecular complexity index is 644. The van der Waals surface area contributed by atoms with Gasteiger partial charge in [-0.1, -0.05) is 12.1 Å². The van der Waals surface area contributed by atoms with E-state index in [4.69, 9.17) is 5.26 Å². The van der Waals surface area contributed by atoms with Gasteiger partial charge in [-0.3, -0.25) is 0 Å². The molecule has 1 aliphatic heterocycles. The summed E-state index contributed by atoms with van der Waals surface area (Å²) in [6, 6.07) is 10.5. The smallest absolute Gasteiger partial charge is 0.186 e. The second kappa shape index (κ2) is 5.96. The van der Waals surface area contributed by atoms with Crippen LogP contribution in [0.2, 0.25) is 0 Å². The Morgan fingerprint density at radius 2 is 1.76 bits per heavy atom. The van der Waals surface area contributed by atoms with Crippen molar-refractivity contribution in [1.82, 2.24) is 15.0 Å². The molecule has 0 spiro atoms. The summed E-state index contributed by atoms with van der Waals surface area (Å²) in [5, 5.41) is 17.1. The fourth-order valence-corrected chi connectivity index (χ4v) is 2.87. The number of hydrogen-bond acceptors (Lipinski definition) is 4. The molecule has 0 saturated carbocycles. The molecule has 0 amide bonds. The van der Waals surface area contributed by atoms with E-state index in [9.17, 15) is 0 Å². The number of nitriles is 1. The van der Waals surface area contributed by atoms with Gasteiger partial charge in [0.25, 0.3) is 0 Å². The van der Waals surface area contributed by atoms with Crippen LogP contribution in [0.4, 0.5) is 5.69 Å². The molecule has 0 atom stereocenters. The van der Waals surface area contributed by atoms with Gasteiger partial charge in [0.1, 0.15) is 6.07 Å². The van der Waals surface area contributed by atoms with Gasteiger partial charge in [0, 0.05) is 18.8 Å². The van der Waals surface area contributed by atoms with E-state index in [0.717, 1.165) is 30.9 Å². The molecule has 0 unspecified atom stereocenters. The average Bonchev–Trinajstić information content (AvgIpc) is 2.99. The summed E-state index contributed by atoms with van der Waals surface area (Å²) in [6.45, 7) is 4.29. The fraction of sp³-hybridized carbons (Fsp3) is 0.438. The third-order valence-corrected chi connectivity index (χ3v) is 4.02. The van der Waals surface area contributed by atoms with Crippen molar-refractivity contribution in [1.29, 1.82) is 5.26 Å². The lowest BCUT2D eigenvalue weighted by molar-refractivity contribution is 0.578. The van der Waals surface area contributed by atoms with Gasteiger partial charge in [0.05, 0.1) is 11.4 Å². The van der Waals surface area contributed by atoms with Crippen molar-refractivity contribution in [3.05, 3.63) is 35.7 Å². The second-order valence-electron chi connectivity index (χ2n) is 5.33. The summed E-state index contributed by atoms with van der Waals surface area (Å²) in [5.74, 6) is 0. The van der Waals surface area contributed by atoms with E-state index in [1.807, 2.05) is 6.92 Å². The first-order chi connectivity index (χ1) is 10.3. The van der Waals surface area contributed by atoms with E-state index in [-0.39, 0.29) is 0 Å². The molecule has 5 nitrogen and oxygen atoms in total. The Labute approximate surface area is 124 Å². The van der Waals surface area contributed by atoms with Crippen LogP contribution in [0.1, 0.15) is 37.6 Å². The molecule has 2 heterocycles. The van der Waals surface area contributed by atoms with Gasteiger partial charge in [0.15, 0.2) is 5.69 Å². The molecule has 1 aromatic heterocycles. The van der Waals surface area contributed by atoms with Crippen LogP contribution in [-0.2, 0) is 6.42 Å². The normalized spacial score (nSPS) is 15.0. The molecular formula is C16H19N5. The summed E-state index contributed by atoms with van der Waals surface area (Å²) in [7, 11) is 0. The average molecular weight is 281 g/mol. The monoisotopic (exact) mass is 281 g/mol. The molecular weight excluding hydrogens is 262 g/mol. The minimum atomic E-state index is 0.414. The zero-order chi connectivity index (χ0) is 14.7. The molecule has 2 aromatic rings. The van der Waals surface area contributed by atoms with Crippen molar-refractivity contribution in [3.8, 4) is 11.8 Å². The van der Waals surface area contributed by atoms with Gasteiger partial charge in [-0.15, -0.1) is 5.10 Å². The molecule has 1 aliphatic rings. The van der Waals surface area contributed by atoms with Crippen molar-refractivity contribution < 1.29 is 0 Å². The topological polar surface area (TPSA) is 57.7 Å². The zero-order valence-corrected chi connectivity index (χ0v) is 12.3. The van der Waals surface area contributed by atoms with Crippen LogP contribution in [0, 0.1) is 11.3 Å². The van der Waals surface area contributed by atoms with Crippen molar-refractivity contribution in [2.24, 2.45) is 0 Å². The highest BCUT2D eigenvalue weighted by molar-refractivity contribution is 5.51. The molecule has 1 fully saturated rings. The number of piperidine rings is 1. The van der Waals surface area contributed by atoms with E-state index < -0.39 is 0 Å². The zero-order valence-electron chi connectivity index (χ0n) is 12.3. The predicted molar refractivity (Wildman–Crippen MR) is 81.5 cm³/mol. The molecule has 108 valence electrons. The van der Waals surface area contributed by atoms with Crippen molar-refractivity contribution in [2.75, 3.05) is 18.0 Å². The lowest BCUT2D eigenvalue weighted by Gasteiger charge is -2.28. The molecule has 21 heavy (non-hydrogen) atoms. The van der Waals surface area contributed by atoms with Crippen LogP contribution in [0.25, 0.3) is 5.69 Å². The maximum absolute atomic E-state index is 9.05. The Morgan fingerprint density at radius 3 is 2.38 bits per heavy atom. The van der Waals surface area contributed by atoms with Crippen LogP contribution >= 0.6 is 0 Å². The highest BCUT2D eigenvalue weighted by atomic mass is 15.4. The maximum atomic E-state index is 9.05. The summed E-state index contributed by atoms with van der Waals surface area (Å²) in [6.07, 6.45) is 4.63. The van der Waals surface area contributed by atoms with Crippen LogP contribution in [0.3, 0.4) is 0 Å². The summed E-state index contributed by atoms with van der Waals surface area (Å²) >= 11 is 0. The van der Waals surface area contributed by atoms with Gasteiger partial charge in [-0.25, -0.2) is 4.68 Å². The Hall–Kier alpha value is -2.35. The summed E-state index contributed by atoms with van der Waals surface area (Å²) in [5.41, 5.74) is 3.50. The first-order valence-electron chi connectivity index (χ1n) is 7.53. The van der Waals surface area contributed by atoms with E-state index in [2.05, 4.69) is 45.5 Å². The number of rotatable bonds is 3. The SMILES string of the molecule is CCc1c(C#N)nnn1-c1ccc(N2CCCCC2)cc1. The predicted octanol–water partition coefficient (Wildman–Crippen LogP) is 2.69. The van der Waals surface area contributed by atoms with E-state index >= 15 is 0 Å². The molecule has 3 rings (SSSR count). The molecule has 1 saturated heterocycles. The Balaban J connectivity index is 1.87. The molecule has 1 aromatic carbocycles. The number of nitrogens with zero attached hydrogens (tertiary/aromatic N) is 5. The third kappa shape index (κ3) is 2.62. The van der Waals surface area contributed by atoms with Crippen molar-refractivity contribution in [2.45, 2.75) is 32.6 Å². The molecule has 5 heteroatoms. The van der Waals surface area contributed by atoms with Crippen LogP contribution in [0.15, 0.2) is 24.3 Å². The molecule has 0 aliphatic carbocycles. The first kappa shape index (κ1) is 13.6. The molecule has 0 N–H and O–H groups in total. The van der Waals surface area contributed by atoms with Gasteiger partial charge in [-0.2, -0.15) is 5.26 Å². The molecule has 0 bridgehead atoms. The maximum Gasteiger partial charge on any atom is 0.186 e. The molecule has 0 radical (unpaired) electrons. The van der Waals surface area contributed by atoms with Gasteiger partial charge < -0.3 is 4.90 Å². The van der Waals surface area contributed by atoms with Crippen molar-refractivity contribution in [3.63, 3.8) is 0 Å². The summed E-state index contributed by atoms with van der Waals surface area (Å²) in [4.78, 5) is 2.43. The highest BCUT2D eigenvalue weighted by Crippen LogP contribution is 2.22. The van der Waals surface area contributed by atoms with Gasteiger partial charge >= 0.3 is 0 Å². The minimum absolute atomic E-state index is 0.414. The van der Waals surface area contributed by atoms with Crippen molar-refractivity contribution >= 4 is 5.69 Å². The lowest BCUT2D eigenvalue weighted by Crippen LogP contribution is -2.29. The van der Waals surface area contributed by atoms with Crippen LogP contribution in [-0.4, -0.2) is 28.1 Å². The standard InChI is InChI=1S/C16H19N5/c1-2-16-15(12-17)18-19-21(16)14-8-6-13(7-9-14)20-10-4-3-5-11-20/h6-9H,2-5,10-11H2,1H3. The van der Waals surface area contributed by atoms with E-state index in [1.165, 1.54) is 24.9 Å². The quantitative estimate of drug-likeness (QED) is 0.868. The van der Waals surface area contributed by atoms with E-state index in [0.29, 0.717) is 5.69 Å². The van der Waals surface area contributed by atoms with Crippen LogP contribution in [0.5, 0.6) is 0 Å².